The number of carboxylic acid groups (broad SMARTS) is 1. The number of rotatable bonds is 5. The minimum absolute atomic E-state index is 0.238. The highest BCUT2D eigenvalue weighted by molar-refractivity contribution is 5.93. The second kappa shape index (κ2) is 13.1. The largest absolute Gasteiger partial charge is 0.481 e. The fraction of sp³-hybridized carbons (Fsp3) is 0.346. The van der Waals surface area contributed by atoms with Gasteiger partial charge in [-0.25, -0.2) is 4.79 Å². The molecular weight excluding hydrogens is 416 g/mol. The zero-order valence-corrected chi connectivity index (χ0v) is 20.1. The zero-order chi connectivity index (χ0) is 24.2. The van der Waals surface area contributed by atoms with Gasteiger partial charge in [-0.05, 0) is 61.1 Å². The minimum atomic E-state index is -0.947. The van der Waals surface area contributed by atoms with Crippen molar-refractivity contribution >= 4 is 23.2 Å². The molecular formula is C26H34N4O3. The van der Waals surface area contributed by atoms with Crippen LogP contribution in [0.25, 0.3) is 0 Å². The van der Waals surface area contributed by atoms with E-state index in [1.54, 1.807) is 14.2 Å². The first-order chi connectivity index (χ1) is 16.0. The van der Waals surface area contributed by atoms with Crippen molar-refractivity contribution in [1.29, 1.82) is 0 Å². The Morgan fingerprint density at radius 2 is 1.82 bits per heavy atom. The highest BCUT2D eigenvalue weighted by Gasteiger charge is 2.12. The molecule has 0 atom stereocenters. The lowest BCUT2D eigenvalue weighted by Gasteiger charge is -2.22. The van der Waals surface area contributed by atoms with Crippen LogP contribution in [0.4, 0.5) is 17.2 Å². The normalized spacial score (nSPS) is 11.5. The van der Waals surface area contributed by atoms with Gasteiger partial charge in [0.15, 0.2) is 0 Å². The number of aromatic carboxylic acids is 1. The molecule has 7 heteroatoms. The van der Waals surface area contributed by atoms with Gasteiger partial charge in [-0.15, -0.1) is 0 Å². The molecule has 176 valence electrons. The van der Waals surface area contributed by atoms with E-state index in [2.05, 4.69) is 38.4 Å². The van der Waals surface area contributed by atoms with Crippen LogP contribution < -0.4 is 15.0 Å². The molecule has 0 radical (unpaired) electrons. The average Bonchev–Trinajstić information content (AvgIpc) is 2.89. The van der Waals surface area contributed by atoms with Crippen molar-refractivity contribution in [2.45, 2.75) is 39.5 Å². The number of methoxy groups -OCH3 is 1. The Morgan fingerprint density at radius 1 is 1.09 bits per heavy atom. The molecule has 4 rings (SSSR count). The smallest absolute Gasteiger partial charge is 0.337 e. The van der Waals surface area contributed by atoms with E-state index in [9.17, 15) is 4.79 Å². The van der Waals surface area contributed by atoms with E-state index in [0.29, 0.717) is 11.6 Å². The lowest BCUT2D eigenvalue weighted by Crippen LogP contribution is -2.13. The second-order valence-corrected chi connectivity index (χ2v) is 7.23. The molecule has 0 unspecified atom stereocenters. The standard InChI is InChI=1S/C17H20N2O.C7H8N2O2.C2H6/c1-19(16-8-5-9-17(18-16)20-2)15-11-10-13-6-3-4-7-14(13)12-15;1-8-6-4-9-3-2-5(6)7(10)11;1-2/h5,8-12H,3-4,6-7H2,1-2H3;2-4,8H,1H3,(H,10,11);1-2H3. The number of nitrogens with one attached hydrogen (secondary N) is 1. The van der Waals surface area contributed by atoms with Crippen LogP contribution in [-0.2, 0) is 12.8 Å². The summed E-state index contributed by atoms with van der Waals surface area (Å²) in [4.78, 5) is 20.9. The van der Waals surface area contributed by atoms with Crippen LogP contribution in [0.15, 0.2) is 54.9 Å². The number of fused-ring (bicyclic) bond motifs is 1. The SMILES string of the molecule is CC.CNc1cnccc1C(=O)O.COc1cccc(N(C)c2ccc3c(c2)CCCC3)n1. The van der Waals surface area contributed by atoms with Crippen LogP contribution >= 0.6 is 0 Å². The first-order valence-electron chi connectivity index (χ1n) is 11.2. The van der Waals surface area contributed by atoms with Crippen LogP contribution in [-0.4, -0.2) is 42.2 Å². The fourth-order valence-electron chi connectivity index (χ4n) is 3.55. The van der Waals surface area contributed by atoms with Crippen molar-refractivity contribution in [3.8, 4) is 5.88 Å². The molecule has 2 heterocycles. The number of carboxylic acids is 1. The van der Waals surface area contributed by atoms with Gasteiger partial charge in [0.25, 0.3) is 0 Å². The molecule has 1 aliphatic rings. The van der Waals surface area contributed by atoms with Crippen LogP contribution in [0, 0.1) is 0 Å². The maximum Gasteiger partial charge on any atom is 0.337 e. The molecule has 7 nitrogen and oxygen atoms in total. The molecule has 0 spiro atoms. The van der Waals surface area contributed by atoms with Crippen molar-refractivity contribution < 1.29 is 14.6 Å². The van der Waals surface area contributed by atoms with E-state index >= 15 is 0 Å². The molecule has 2 N–H and O–H groups in total. The molecule has 0 saturated heterocycles. The van der Waals surface area contributed by atoms with E-state index in [-0.39, 0.29) is 5.56 Å². The molecule has 3 aromatic rings. The van der Waals surface area contributed by atoms with Crippen LogP contribution in [0.5, 0.6) is 5.88 Å². The highest BCUT2D eigenvalue weighted by atomic mass is 16.5. The van der Waals surface area contributed by atoms with E-state index < -0.39 is 5.97 Å². The highest BCUT2D eigenvalue weighted by Crippen LogP contribution is 2.29. The van der Waals surface area contributed by atoms with Crippen molar-refractivity contribution in [2.24, 2.45) is 0 Å². The summed E-state index contributed by atoms with van der Waals surface area (Å²) < 4.78 is 5.19. The van der Waals surface area contributed by atoms with Gasteiger partial charge in [0.05, 0.1) is 24.6 Å². The third-order valence-electron chi connectivity index (χ3n) is 5.30. The monoisotopic (exact) mass is 450 g/mol. The van der Waals surface area contributed by atoms with Gasteiger partial charge in [0, 0.05) is 32.0 Å². The summed E-state index contributed by atoms with van der Waals surface area (Å²) >= 11 is 0. The number of anilines is 3. The molecule has 2 aromatic heterocycles. The molecule has 0 amide bonds. The van der Waals surface area contributed by atoms with Gasteiger partial charge in [0.2, 0.25) is 5.88 Å². The topological polar surface area (TPSA) is 87.6 Å². The molecule has 0 aliphatic heterocycles. The Bertz CT molecular complexity index is 1040. The predicted octanol–water partition coefficient (Wildman–Crippen LogP) is 5.58. The van der Waals surface area contributed by atoms with Gasteiger partial charge in [-0.1, -0.05) is 26.0 Å². The third kappa shape index (κ3) is 6.94. The van der Waals surface area contributed by atoms with Crippen molar-refractivity contribution in [3.05, 3.63) is 71.5 Å². The zero-order valence-electron chi connectivity index (χ0n) is 20.1. The Hall–Kier alpha value is -3.61. The lowest BCUT2D eigenvalue weighted by atomic mass is 9.91. The number of aromatic nitrogens is 2. The summed E-state index contributed by atoms with van der Waals surface area (Å²) in [5.74, 6) is 0.601. The Labute approximate surface area is 196 Å². The molecule has 0 bridgehead atoms. The van der Waals surface area contributed by atoms with Gasteiger partial charge < -0.3 is 20.1 Å². The van der Waals surface area contributed by atoms with Gasteiger partial charge in [0.1, 0.15) is 5.82 Å². The predicted molar refractivity (Wildman–Crippen MR) is 134 cm³/mol. The van der Waals surface area contributed by atoms with Gasteiger partial charge >= 0.3 is 5.97 Å². The molecule has 33 heavy (non-hydrogen) atoms. The van der Waals surface area contributed by atoms with Crippen LogP contribution in [0.2, 0.25) is 0 Å². The second-order valence-electron chi connectivity index (χ2n) is 7.23. The Balaban J connectivity index is 0.000000252. The number of aryl methyl sites for hydroxylation is 2. The van der Waals surface area contributed by atoms with Gasteiger partial charge in [-0.2, -0.15) is 4.98 Å². The summed E-state index contributed by atoms with van der Waals surface area (Å²) in [5, 5.41) is 11.4. The number of pyridine rings is 2. The van der Waals surface area contributed by atoms with E-state index in [1.807, 2.05) is 39.1 Å². The third-order valence-corrected chi connectivity index (χ3v) is 5.30. The molecule has 0 saturated carbocycles. The van der Waals surface area contributed by atoms with Crippen molar-refractivity contribution in [3.63, 3.8) is 0 Å². The number of nitrogens with zero attached hydrogens (tertiary/aromatic N) is 3. The first kappa shape index (κ1) is 25.6. The first-order valence-corrected chi connectivity index (χ1v) is 11.2. The summed E-state index contributed by atoms with van der Waals surface area (Å²) in [7, 11) is 5.35. The molecule has 1 aromatic carbocycles. The molecule has 1 aliphatic carbocycles. The number of hydrogen-bond acceptors (Lipinski definition) is 6. The lowest BCUT2D eigenvalue weighted by molar-refractivity contribution is 0.0698. The van der Waals surface area contributed by atoms with E-state index in [1.165, 1.54) is 61.0 Å². The summed E-state index contributed by atoms with van der Waals surface area (Å²) in [6.45, 7) is 4.00. The fourth-order valence-corrected chi connectivity index (χ4v) is 3.55. The average molecular weight is 451 g/mol. The molecule has 0 fully saturated rings. The summed E-state index contributed by atoms with van der Waals surface area (Å²) in [6.07, 6.45) is 7.96. The Kier molecular flexibility index (Phi) is 10.1. The van der Waals surface area contributed by atoms with Crippen LogP contribution in [0.3, 0.4) is 0 Å². The van der Waals surface area contributed by atoms with E-state index in [0.717, 1.165) is 5.82 Å². The van der Waals surface area contributed by atoms with Gasteiger partial charge in [-0.3, -0.25) is 4.98 Å². The van der Waals surface area contributed by atoms with Crippen molar-refractivity contribution in [1.82, 2.24) is 9.97 Å². The van der Waals surface area contributed by atoms with Crippen LogP contribution in [0.1, 0.15) is 48.2 Å². The minimum Gasteiger partial charge on any atom is -0.481 e. The number of carbonyl (C=O) groups is 1. The maximum absolute atomic E-state index is 10.5. The summed E-state index contributed by atoms with van der Waals surface area (Å²) in [5.41, 5.74) is 4.95. The Morgan fingerprint density at radius 3 is 2.45 bits per heavy atom. The number of ether oxygens (including phenoxy) is 1. The number of benzene rings is 1. The maximum atomic E-state index is 10.5. The van der Waals surface area contributed by atoms with E-state index in [4.69, 9.17) is 9.84 Å². The van der Waals surface area contributed by atoms with Crippen molar-refractivity contribution in [2.75, 3.05) is 31.4 Å². The summed E-state index contributed by atoms with van der Waals surface area (Å²) in [6, 6.07) is 14.0. The number of hydrogen-bond donors (Lipinski definition) is 2. The quantitative estimate of drug-likeness (QED) is 0.524.